The Morgan fingerprint density at radius 1 is 1.33 bits per heavy atom. The third kappa shape index (κ3) is 7.50. The van der Waals surface area contributed by atoms with E-state index < -0.39 is 0 Å². The summed E-state index contributed by atoms with van der Waals surface area (Å²) in [7, 11) is 1.65. The van der Waals surface area contributed by atoms with Crippen LogP contribution in [0.1, 0.15) is 13.3 Å². The maximum absolute atomic E-state index is 5.54. The van der Waals surface area contributed by atoms with Gasteiger partial charge in [-0.15, -0.1) is 0 Å². The summed E-state index contributed by atoms with van der Waals surface area (Å²) in [6.45, 7) is 4.57. The minimum absolute atomic E-state index is 0.621. The molecule has 2 N–H and O–H groups in total. The summed E-state index contributed by atoms with van der Waals surface area (Å²) >= 11 is 0. The fraction of sp³-hybridized carbons (Fsp3) is 0.875. The van der Waals surface area contributed by atoms with Crippen molar-refractivity contribution in [2.45, 2.75) is 13.3 Å². The highest BCUT2D eigenvalue weighted by atomic mass is 16.5. The van der Waals surface area contributed by atoms with Crippen molar-refractivity contribution in [1.82, 2.24) is 0 Å². The lowest BCUT2D eigenvalue weighted by molar-refractivity contribution is 0.0742. The van der Waals surface area contributed by atoms with Gasteiger partial charge in [-0.3, -0.25) is 4.99 Å². The molecule has 0 unspecified atom stereocenters. The Balaban J connectivity index is 3.14. The number of hydrogen-bond donors (Lipinski definition) is 1. The number of hydrogen-bond acceptors (Lipinski definition) is 3. The second-order valence-electron chi connectivity index (χ2n) is 2.32. The second-order valence-corrected chi connectivity index (χ2v) is 2.32. The smallest absolute Gasteiger partial charge is 0.0960 e. The highest BCUT2D eigenvalue weighted by Gasteiger charge is 1.91. The summed E-state index contributed by atoms with van der Waals surface area (Å²) in [5.74, 6) is 0.662. The lowest BCUT2D eigenvalue weighted by atomic mass is 10.4. The normalized spacial score (nSPS) is 12.0. The fourth-order valence-electron chi connectivity index (χ4n) is 0.703. The number of rotatable bonds is 7. The highest BCUT2D eigenvalue weighted by molar-refractivity contribution is 5.80. The highest BCUT2D eigenvalue weighted by Crippen LogP contribution is 1.84. The number of amidine groups is 1. The fourth-order valence-corrected chi connectivity index (χ4v) is 0.703. The van der Waals surface area contributed by atoms with Gasteiger partial charge in [0.05, 0.1) is 25.7 Å². The average molecular weight is 174 g/mol. The molecule has 0 amide bonds. The van der Waals surface area contributed by atoms with Crippen molar-refractivity contribution in [1.29, 1.82) is 0 Å². The molecule has 0 radical (unpaired) electrons. The molecule has 0 atom stereocenters. The van der Waals surface area contributed by atoms with Crippen molar-refractivity contribution in [2.24, 2.45) is 10.7 Å². The van der Waals surface area contributed by atoms with E-state index >= 15 is 0 Å². The molecular weight excluding hydrogens is 156 g/mol. The molecule has 0 aliphatic heterocycles. The number of ether oxygens (including phenoxy) is 2. The minimum Gasteiger partial charge on any atom is -0.387 e. The van der Waals surface area contributed by atoms with Crippen LogP contribution in [-0.4, -0.2) is 39.3 Å². The number of methoxy groups -OCH3 is 1. The second kappa shape index (κ2) is 8.49. The number of aliphatic imine (C=N–C) groups is 1. The molecule has 0 saturated carbocycles. The van der Waals surface area contributed by atoms with Crippen LogP contribution in [0, 0.1) is 0 Å². The molecule has 72 valence electrons. The van der Waals surface area contributed by atoms with Gasteiger partial charge in [0.1, 0.15) is 0 Å². The van der Waals surface area contributed by atoms with Crippen LogP contribution >= 0.6 is 0 Å². The van der Waals surface area contributed by atoms with Crippen molar-refractivity contribution in [3.63, 3.8) is 0 Å². The molecule has 0 rings (SSSR count). The summed E-state index contributed by atoms with van der Waals surface area (Å²) in [6.07, 6.45) is 0.706. The maximum Gasteiger partial charge on any atom is 0.0960 e. The quantitative estimate of drug-likeness (QED) is 0.345. The first-order valence-corrected chi connectivity index (χ1v) is 4.16. The predicted molar refractivity (Wildman–Crippen MR) is 49.5 cm³/mol. The van der Waals surface area contributed by atoms with Crippen LogP contribution in [0.25, 0.3) is 0 Å². The Labute approximate surface area is 73.8 Å². The third-order valence-electron chi connectivity index (χ3n) is 1.30. The van der Waals surface area contributed by atoms with Crippen LogP contribution in [0.4, 0.5) is 0 Å². The van der Waals surface area contributed by atoms with Crippen LogP contribution in [0.5, 0.6) is 0 Å². The Morgan fingerprint density at radius 3 is 2.67 bits per heavy atom. The summed E-state index contributed by atoms with van der Waals surface area (Å²) in [4.78, 5) is 4.03. The topological polar surface area (TPSA) is 56.8 Å². The molecule has 4 nitrogen and oxygen atoms in total. The molecule has 0 saturated heterocycles. The third-order valence-corrected chi connectivity index (χ3v) is 1.30. The van der Waals surface area contributed by atoms with Crippen LogP contribution in [0.2, 0.25) is 0 Å². The Bertz CT molecular complexity index is 126. The van der Waals surface area contributed by atoms with Crippen molar-refractivity contribution in [3.05, 3.63) is 0 Å². The van der Waals surface area contributed by atoms with E-state index in [-0.39, 0.29) is 0 Å². The van der Waals surface area contributed by atoms with Gasteiger partial charge < -0.3 is 15.2 Å². The van der Waals surface area contributed by atoms with E-state index in [9.17, 15) is 0 Å². The standard InChI is InChI=1S/C8H18N2O2/c1-3-10-8(9)4-5-12-7-6-11-2/h3-7H2,1-2H3,(H2,9,10). The van der Waals surface area contributed by atoms with E-state index in [1.54, 1.807) is 7.11 Å². The van der Waals surface area contributed by atoms with Gasteiger partial charge in [-0.1, -0.05) is 0 Å². The molecule has 12 heavy (non-hydrogen) atoms. The van der Waals surface area contributed by atoms with Gasteiger partial charge >= 0.3 is 0 Å². The zero-order chi connectivity index (χ0) is 9.23. The van der Waals surface area contributed by atoms with Crippen molar-refractivity contribution < 1.29 is 9.47 Å². The molecule has 4 heteroatoms. The predicted octanol–water partition coefficient (Wildman–Crippen LogP) is 0.417. The van der Waals surface area contributed by atoms with Crippen molar-refractivity contribution in [3.8, 4) is 0 Å². The summed E-state index contributed by atoms with van der Waals surface area (Å²) in [5.41, 5.74) is 5.54. The minimum atomic E-state index is 0.621. The monoisotopic (exact) mass is 174 g/mol. The van der Waals surface area contributed by atoms with Crippen molar-refractivity contribution >= 4 is 5.84 Å². The van der Waals surface area contributed by atoms with Gasteiger partial charge in [-0.2, -0.15) is 0 Å². The van der Waals surface area contributed by atoms with Crippen LogP contribution in [0.3, 0.4) is 0 Å². The van der Waals surface area contributed by atoms with E-state index in [2.05, 4.69) is 4.99 Å². The van der Waals surface area contributed by atoms with Gasteiger partial charge in [-0.25, -0.2) is 0 Å². The average Bonchev–Trinajstić information content (AvgIpc) is 2.05. The number of nitrogens with zero attached hydrogens (tertiary/aromatic N) is 1. The largest absolute Gasteiger partial charge is 0.387 e. The van der Waals surface area contributed by atoms with Gasteiger partial charge in [-0.05, 0) is 6.92 Å². The molecule has 0 spiro atoms. The lowest BCUT2D eigenvalue weighted by Crippen LogP contribution is -2.15. The molecule has 0 bridgehead atoms. The maximum atomic E-state index is 5.54. The van der Waals surface area contributed by atoms with Gasteiger partial charge in [0, 0.05) is 20.1 Å². The van der Waals surface area contributed by atoms with E-state index in [1.165, 1.54) is 0 Å². The Morgan fingerprint density at radius 2 is 2.08 bits per heavy atom. The van der Waals surface area contributed by atoms with Crippen molar-refractivity contribution in [2.75, 3.05) is 33.5 Å². The molecular formula is C8H18N2O2. The Kier molecular flexibility index (Phi) is 8.05. The molecule has 0 aromatic rings. The van der Waals surface area contributed by atoms with E-state index in [0.29, 0.717) is 32.1 Å². The van der Waals surface area contributed by atoms with Crippen LogP contribution in [0.15, 0.2) is 4.99 Å². The summed E-state index contributed by atoms with van der Waals surface area (Å²) < 4.78 is 10.0. The van der Waals surface area contributed by atoms with E-state index in [4.69, 9.17) is 15.2 Å². The first kappa shape index (κ1) is 11.4. The van der Waals surface area contributed by atoms with Crippen LogP contribution in [-0.2, 0) is 9.47 Å². The van der Waals surface area contributed by atoms with Gasteiger partial charge in [0.25, 0.3) is 0 Å². The van der Waals surface area contributed by atoms with Crippen LogP contribution < -0.4 is 5.73 Å². The molecule has 0 aliphatic carbocycles. The zero-order valence-corrected chi connectivity index (χ0v) is 7.88. The SMILES string of the molecule is CCN=C(N)CCOCCOC. The van der Waals surface area contributed by atoms with E-state index in [0.717, 1.165) is 6.54 Å². The molecule has 0 heterocycles. The van der Waals surface area contributed by atoms with Gasteiger partial charge in [0.15, 0.2) is 0 Å². The zero-order valence-electron chi connectivity index (χ0n) is 7.88. The van der Waals surface area contributed by atoms with E-state index in [1.807, 2.05) is 6.92 Å². The van der Waals surface area contributed by atoms with Gasteiger partial charge in [0.2, 0.25) is 0 Å². The first-order chi connectivity index (χ1) is 5.81. The summed E-state index contributed by atoms with van der Waals surface area (Å²) in [6, 6.07) is 0. The molecule has 0 aromatic heterocycles. The lowest BCUT2D eigenvalue weighted by Gasteiger charge is -2.02. The molecule has 0 fully saturated rings. The first-order valence-electron chi connectivity index (χ1n) is 4.16. The molecule has 0 aromatic carbocycles. The summed E-state index contributed by atoms with van der Waals surface area (Å²) in [5, 5.41) is 0. The number of nitrogens with two attached hydrogens (primary N) is 1. The Hall–Kier alpha value is -0.610. The molecule has 0 aliphatic rings.